The standard InChI is InChI=1S/C10H12BrNO/c1-12(8-6-13-7-8)10-5-3-2-4-9(10)11/h2-5,8H,6-7H2,1H3. The fourth-order valence-electron chi connectivity index (χ4n) is 1.38. The van der Waals surface area contributed by atoms with E-state index in [0.717, 1.165) is 17.7 Å². The average molecular weight is 242 g/mol. The summed E-state index contributed by atoms with van der Waals surface area (Å²) < 4.78 is 6.30. The van der Waals surface area contributed by atoms with Gasteiger partial charge >= 0.3 is 0 Å². The number of anilines is 1. The summed E-state index contributed by atoms with van der Waals surface area (Å²) in [5.74, 6) is 0. The number of halogens is 1. The van der Waals surface area contributed by atoms with Gasteiger partial charge in [-0.1, -0.05) is 12.1 Å². The smallest absolute Gasteiger partial charge is 0.0754 e. The number of nitrogens with zero attached hydrogens (tertiary/aromatic N) is 1. The molecule has 0 amide bonds. The van der Waals surface area contributed by atoms with E-state index < -0.39 is 0 Å². The Morgan fingerprint density at radius 1 is 1.38 bits per heavy atom. The molecule has 0 aliphatic carbocycles. The van der Waals surface area contributed by atoms with Crippen LogP contribution in [0, 0.1) is 0 Å². The van der Waals surface area contributed by atoms with Crippen molar-refractivity contribution in [3.05, 3.63) is 28.7 Å². The Balaban J connectivity index is 2.18. The van der Waals surface area contributed by atoms with E-state index in [1.54, 1.807) is 0 Å². The average Bonchev–Trinajstić information content (AvgIpc) is 2.01. The largest absolute Gasteiger partial charge is 0.377 e. The lowest BCUT2D eigenvalue weighted by Crippen LogP contribution is -2.47. The van der Waals surface area contributed by atoms with Crippen molar-refractivity contribution in [3.63, 3.8) is 0 Å². The summed E-state index contributed by atoms with van der Waals surface area (Å²) >= 11 is 3.54. The second-order valence-corrected chi connectivity index (χ2v) is 4.11. The van der Waals surface area contributed by atoms with Crippen LogP contribution in [0.4, 0.5) is 5.69 Å². The number of benzene rings is 1. The SMILES string of the molecule is CN(c1ccccc1Br)C1COC1. The quantitative estimate of drug-likeness (QED) is 0.788. The van der Waals surface area contributed by atoms with Gasteiger partial charge in [0.25, 0.3) is 0 Å². The lowest BCUT2D eigenvalue weighted by molar-refractivity contribution is 0.0101. The second kappa shape index (κ2) is 3.68. The van der Waals surface area contributed by atoms with Crippen molar-refractivity contribution in [1.82, 2.24) is 0 Å². The molecule has 0 saturated carbocycles. The first kappa shape index (κ1) is 9.03. The molecular weight excluding hydrogens is 230 g/mol. The third-order valence-corrected chi connectivity index (χ3v) is 3.07. The zero-order valence-corrected chi connectivity index (χ0v) is 9.12. The van der Waals surface area contributed by atoms with E-state index in [4.69, 9.17) is 4.74 Å². The highest BCUT2D eigenvalue weighted by Gasteiger charge is 2.23. The van der Waals surface area contributed by atoms with Gasteiger partial charge in [-0.25, -0.2) is 0 Å². The lowest BCUT2D eigenvalue weighted by atomic mass is 10.2. The molecule has 70 valence electrons. The summed E-state index contributed by atoms with van der Waals surface area (Å²) in [6.45, 7) is 1.69. The molecule has 2 rings (SSSR count). The number of ether oxygens (including phenoxy) is 1. The van der Waals surface area contributed by atoms with Crippen molar-refractivity contribution in [2.24, 2.45) is 0 Å². The normalized spacial score (nSPS) is 16.8. The van der Waals surface area contributed by atoms with Crippen LogP contribution in [0.15, 0.2) is 28.7 Å². The molecule has 0 unspecified atom stereocenters. The molecule has 1 heterocycles. The molecule has 13 heavy (non-hydrogen) atoms. The molecule has 0 bridgehead atoms. The predicted molar refractivity (Wildman–Crippen MR) is 57.2 cm³/mol. The zero-order chi connectivity index (χ0) is 9.26. The molecular formula is C10H12BrNO. The molecule has 2 nitrogen and oxygen atoms in total. The number of hydrogen-bond acceptors (Lipinski definition) is 2. The highest BCUT2D eigenvalue weighted by Crippen LogP contribution is 2.27. The van der Waals surface area contributed by atoms with Gasteiger partial charge in [0.05, 0.1) is 24.9 Å². The van der Waals surface area contributed by atoms with Gasteiger partial charge in [0, 0.05) is 11.5 Å². The minimum atomic E-state index is 0.540. The first-order valence-electron chi connectivity index (χ1n) is 4.34. The van der Waals surface area contributed by atoms with Crippen molar-refractivity contribution in [2.75, 3.05) is 25.2 Å². The summed E-state index contributed by atoms with van der Waals surface area (Å²) in [7, 11) is 2.10. The van der Waals surface area contributed by atoms with Crippen LogP contribution < -0.4 is 4.90 Å². The van der Waals surface area contributed by atoms with Crippen LogP contribution in [0.3, 0.4) is 0 Å². The van der Waals surface area contributed by atoms with Crippen LogP contribution in [0.2, 0.25) is 0 Å². The van der Waals surface area contributed by atoms with E-state index in [1.807, 2.05) is 6.07 Å². The molecule has 0 atom stereocenters. The lowest BCUT2D eigenvalue weighted by Gasteiger charge is -2.36. The molecule has 0 spiro atoms. The van der Waals surface area contributed by atoms with Gasteiger partial charge < -0.3 is 9.64 Å². The van der Waals surface area contributed by atoms with Crippen LogP contribution in [0.1, 0.15) is 0 Å². The highest BCUT2D eigenvalue weighted by molar-refractivity contribution is 9.10. The first-order valence-corrected chi connectivity index (χ1v) is 5.13. The third-order valence-electron chi connectivity index (χ3n) is 2.40. The summed E-state index contributed by atoms with van der Waals surface area (Å²) in [6, 6.07) is 8.79. The van der Waals surface area contributed by atoms with E-state index in [-0.39, 0.29) is 0 Å². The fourth-order valence-corrected chi connectivity index (χ4v) is 1.95. The van der Waals surface area contributed by atoms with Crippen molar-refractivity contribution in [2.45, 2.75) is 6.04 Å². The maximum atomic E-state index is 5.16. The Morgan fingerprint density at radius 3 is 2.62 bits per heavy atom. The van der Waals surface area contributed by atoms with Gasteiger partial charge in [-0.15, -0.1) is 0 Å². The molecule has 0 radical (unpaired) electrons. The van der Waals surface area contributed by atoms with Gasteiger partial charge in [-0.05, 0) is 28.1 Å². The Labute approximate surface area is 86.6 Å². The number of para-hydroxylation sites is 1. The first-order chi connectivity index (χ1) is 6.29. The molecule has 1 aliphatic heterocycles. The minimum absolute atomic E-state index is 0.540. The minimum Gasteiger partial charge on any atom is -0.377 e. The molecule has 1 fully saturated rings. The molecule has 1 aromatic rings. The molecule has 1 aliphatic rings. The van der Waals surface area contributed by atoms with Crippen LogP contribution >= 0.6 is 15.9 Å². The van der Waals surface area contributed by atoms with Crippen molar-refractivity contribution >= 4 is 21.6 Å². The monoisotopic (exact) mass is 241 g/mol. The Morgan fingerprint density at radius 2 is 2.08 bits per heavy atom. The Kier molecular flexibility index (Phi) is 2.56. The molecule has 1 saturated heterocycles. The highest BCUT2D eigenvalue weighted by atomic mass is 79.9. The van der Waals surface area contributed by atoms with Crippen LogP contribution in [-0.2, 0) is 4.74 Å². The van der Waals surface area contributed by atoms with E-state index in [1.165, 1.54) is 5.69 Å². The maximum absolute atomic E-state index is 5.16. The van der Waals surface area contributed by atoms with E-state index in [0.29, 0.717) is 6.04 Å². The zero-order valence-electron chi connectivity index (χ0n) is 7.53. The number of hydrogen-bond donors (Lipinski definition) is 0. The van der Waals surface area contributed by atoms with E-state index in [2.05, 4.69) is 46.1 Å². The van der Waals surface area contributed by atoms with Gasteiger partial charge in [0.15, 0.2) is 0 Å². The van der Waals surface area contributed by atoms with Crippen molar-refractivity contribution in [3.8, 4) is 0 Å². The number of likely N-dealkylation sites (N-methyl/N-ethyl adjacent to an activating group) is 1. The third kappa shape index (κ3) is 1.71. The van der Waals surface area contributed by atoms with Crippen LogP contribution in [0.25, 0.3) is 0 Å². The summed E-state index contributed by atoms with van der Waals surface area (Å²) in [6.07, 6.45) is 0. The van der Waals surface area contributed by atoms with Gasteiger partial charge in [0.1, 0.15) is 0 Å². The molecule has 0 aromatic heterocycles. The summed E-state index contributed by atoms with van der Waals surface area (Å²) in [5.41, 5.74) is 1.23. The van der Waals surface area contributed by atoms with E-state index >= 15 is 0 Å². The number of rotatable bonds is 2. The predicted octanol–water partition coefficient (Wildman–Crippen LogP) is 2.28. The topological polar surface area (TPSA) is 12.5 Å². The van der Waals surface area contributed by atoms with Crippen LogP contribution in [-0.4, -0.2) is 26.3 Å². The second-order valence-electron chi connectivity index (χ2n) is 3.25. The van der Waals surface area contributed by atoms with Gasteiger partial charge in [0.2, 0.25) is 0 Å². The summed E-state index contributed by atoms with van der Waals surface area (Å²) in [5, 5.41) is 0. The Bertz CT molecular complexity index is 299. The van der Waals surface area contributed by atoms with Gasteiger partial charge in [-0.2, -0.15) is 0 Å². The van der Waals surface area contributed by atoms with Crippen molar-refractivity contribution in [1.29, 1.82) is 0 Å². The van der Waals surface area contributed by atoms with Crippen LogP contribution in [0.5, 0.6) is 0 Å². The van der Waals surface area contributed by atoms with Gasteiger partial charge in [-0.3, -0.25) is 0 Å². The molecule has 3 heteroatoms. The maximum Gasteiger partial charge on any atom is 0.0754 e. The van der Waals surface area contributed by atoms with Crippen molar-refractivity contribution < 1.29 is 4.74 Å². The molecule has 1 aromatic carbocycles. The molecule has 0 N–H and O–H groups in total. The van der Waals surface area contributed by atoms with E-state index in [9.17, 15) is 0 Å². The fraction of sp³-hybridized carbons (Fsp3) is 0.400. The Hall–Kier alpha value is -0.540. The summed E-state index contributed by atoms with van der Waals surface area (Å²) in [4.78, 5) is 2.26.